The summed E-state index contributed by atoms with van der Waals surface area (Å²) < 4.78 is 5.96. The van der Waals surface area contributed by atoms with Crippen molar-refractivity contribution < 1.29 is 4.42 Å². The molecule has 0 atom stereocenters. The molecule has 100 valence electrons. The molecule has 0 saturated carbocycles. The molecule has 3 rings (SSSR count). The fourth-order valence-electron chi connectivity index (χ4n) is 2.22. The van der Waals surface area contributed by atoms with Crippen LogP contribution in [0.2, 0.25) is 0 Å². The van der Waals surface area contributed by atoms with E-state index >= 15 is 0 Å². The monoisotopic (exact) mass is 263 g/mol. The number of para-hydroxylation sites is 2. The zero-order valence-electron chi connectivity index (χ0n) is 11.7. The van der Waals surface area contributed by atoms with Crippen LogP contribution in [0.1, 0.15) is 13.8 Å². The normalized spacial score (nSPS) is 12.6. The Morgan fingerprint density at radius 2 is 1.85 bits per heavy atom. The van der Waals surface area contributed by atoms with Crippen LogP contribution >= 0.6 is 0 Å². The van der Waals surface area contributed by atoms with Crippen molar-refractivity contribution in [3.8, 4) is 0 Å². The molecule has 2 aromatic carbocycles. The number of allylic oxidation sites excluding steroid dienone is 3. The summed E-state index contributed by atoms with van der Waals surface area (Å²) in [5.74, 6) is 0. The highest BCUT2D eigenvalue weighted by Gasteiger charge is 2.08. The van der Waals surface area contributed by atoms with Crippen LogP contribution < -0.4 is 5.32 Å². The molecule has 0 aliphatic heterocycles. The molecular weight excluding hydrogens is 246 g/mol. The molecule has 0 radical (unpaired) electrons. The number of hydrogen-bond donors (Lipinski definition) is 1. The first-order chi connectivity index (χ1) is 9.79. The van der Waals surface area contributed by atoms with Gasteiger partial charge in [0.25, 0.3) is 0 Å². The molecule has 0 aliphatic rings. The van der Waals surface area contributed by atoms with Crippen LogP contribution in [0.3, 0.4) is 0 Å². The van der Waals surface area contributed by atoms with E-state index in [1.807, 2.05) is 49.5 Å². The van der Waals surface area contributed by atoms with E-state index in [1.54, 1.807) is 0 Å². The Balaban J connectivity index is 2.05. The molecule has 1 aromatic heterocycles. The number of furan rings is 1. The van der Waals surface area contributed by atoms with Gasteiger partial charge in [0.2, 0.25) is 0 Å². The van der Waals surface area contributed by atoms with Gasteiger partial charge in [-0.05, 0) is 32.1 Å². The number of fused-ring (bicyclic) bond motifs is 3. The lowest BCUT2D eigenvalue weighted by molar-refractivity contribution is 0.670. The van der Waals surface area contributed by atoms with E-state index in [4.69, 9.17) is 4.42 Å². The second-order valence-electron chi connectivity index (χ2n) is 4.79. The Morgan fingerprint density at radius 3 is 2.70 bits per heavy atom. The van der Waals surface area contributed by atoms with Crippen molar-refractivity contribution in [2.24, 2.45) is 0 Å². The van der Waals surface area contributed by atoms with E-state index in [0.29, 0.717) is 0 Å². The van der Waals surface area contributed by atoms with Gasteiger partial charge < -0.3 is 9.73 Å². The number of anilines is 1. The number of hydrogen-bond acceptors (Lipinski definition) is 2. The van der Waals surface area contributed by atoms with Gasteiger partial charge in [0, 0.05) is 17.0 Å². The minimum absolute atomic E-state index is 0.900. The van der Waals surface area contributed by atoms with Gasteiger partial charge in [0.1, 0.15) is 5.58 Å². The lowest BCUT2D eigenvalue weighted by atomic mass is 10.1. The van der Waals surface area contributed by atoms with Gasteiger partial charge in [-0.1, -0.05) is 42.0 Å². The Hall–Kier alpha value is -2.48. The first-order valence-corrected chi connectivity index (χ1v) is 6.76. The number of nitrogens with one attached hydrogen (secondary N) is 1. The van der Waals surface area contributed by atoms with E-state index in [0.717, 1.165) is 27.6 Å². The van der Waals surface area contributed by atoms with Gasteiger partial charge in [-0.3, -0.25) is 0 Å². The van der Waals surface area contributed by atoms with Crippen molar-refractivity contribution in [2.75, 3.05) is 5.32 Å². The maximum Gasteiger partial charge on any atom is 0.158 e. The van der Waals surface area contributed by atoms with Gasteiger partial charge in [-0.15, -0.1) is 0 Å². The van der Waals surface area contributed by atoms with E-state index < -0.39 is 0 Å². The van der Waals surface area contributed by atoms with Crippen molar-refractivity contribution in [2.45, 2.75) is 13.8 Å². The van der Waals surface area contributed by atoms with Crippen LogP contribution in [0.4, 0.5) is 5.69 Å². The fraction of sp³-hybridized carbons (Fsp3) is 0.111. The Kier molecular flexibility index (Phi) is 3.30. The minimum atomic E-state index is 0.900. The predicted octanol–water partition coefficient (Wildman–Crippen LogP) is 5.48. The maximum absolute atomic E-state index is 5.96. The molecule has 0 aliphatic carbocycles. The fourth-order valence-corrected chi connectivity index (χ4v) is 2.22. The highest BCUT2D eigenvalue weighted by molar-refractivity contribution is 6.08. The third kappa shape index (κ3) is 2.21. The molecule has 1 N–H and O–H groups in total. The van der Waals surface area contributed by atoms with Gasteiger partial charge in [-0.25, -0.2) is 0 Å². The third-order valence-corrected chi connectivity index (χ3v) is 3.44. The molecule has 3 aromatic rings. The molecule has 0 fully saturated rings. The average molecular weight is 263 g/mol. The topological polar surface area (TPSA) is 25.2 Å². The Bertz CT molecular complexity index is 809. The minimum Gasteiger partial charge on any atom is -0.454 e. The van der Waals surface area contributed by atoms with Crippen LogP contribution in [0.25, 0.3) is 21.9 Å². The molecular formula is C18H17NO. The zero-order valence-corrected chi connectivity index (χ0v) is 11.7. The van der Waals surface area contributed by atoms with Crippen molar-refractivity contribution in [1.29, 1.82) is 0 Å². The van der Waals surface area contributed by atoms with Crippen LogP contribution in [-0.4, -0.2) is 0 Å². The predicted molar refractivity (Wildman–Crippen MR) is 85.9 cm³/mol. The Morgan fingerprint density at radius 1 is 1.05 bits per heavy atom. The van der Waals surface area contributed by atoms with Gasteiger partial charge in [0.15, 0.2) is 5.58 Å². The van der Waals surface area contributed by atoms with Crippen molar-refractivity contribution in [3.63, 3.8) is 0 Å². The Labute approximate surface area is 118 Å². The largest absolute Gasteiger partial charge is 0.454 e. The van der Waals surface area contributed by atoms with E-state index in [-0.39, 0.29) is 0 Å². The van der Waals surface area contributed by atoms with Crippen LogP contribution in [0.5, 0.6) is 0 Å². The van der Waals surface area contributed by atoms with E-state index in [9.17, 15) is 0 Å². The summed E-state index contributed by atoms with van der Waals surface area (Å²) in [6.07, 6.45) is 6.05. The molecule has 0 saturated heterocycles. The quantitative estimate of drug-likeness (QED) is 0.633. The van der Waals surface area contributed by atoms with Crippen molar-refractivity contribution in [1.82, 2.24) is 0 Å². The third-order valence-electron chi connectivity index (χ3n) is 3.44. The molecule has 1 heterocycles. The highest BCUT2D eigenvalue weighted by Crippen LogP contribution is 2.33. The van der Waals surface area contributed by atoms with Crippen LogP contribution in [0.15, 0.2) is 70.8 Å². The second kappa shape index (κ2) is 5.25. The maximum atomic E-state index is 5.96. The summed E-state index contributed by atoms with van der Waals surface area (Å²) in [6.45, 7) is 4.10. The van der Waals surface area contributed by atoms with E-state index in [1.165, 1.54) is 5.57 Å². The summed E-state index contributed by atoms with van der Waals surface area (Å²) >= 11 is 0. The summed E-state index contributed by atoms with van der Waals surface area (Å²) in [5, 5.41) is 5.59. The summed E-state index contributed by atoms with van der Waals surface area (Å²) in [4.78, 5) is 0. The molecule has 2 heteroatoms. The molecule has 0 amide bonds. The molecule has 20 heavy (non-hydrogen) atoms. The van der Waals surface area contributed by atoms with E-state index in [2.05, 4.69) is 30.4 Å². The molecule has 0 spiro atoms. The zero-order chi connectivity index (χ0) is 13.9. The first kappa shape index (κ1) is 12.5. The molecule has 2 nitrogen and oxygen atoms in total. The smallest absolute Gasteiger partial charge is 0.158 e. The molecule has 0 bridgehead atoms. The number of benzene rings is 2. The standard InChI is InChI=1S/C18H17NO/c1-3-13(2)11-12-19-16-9-6-8-15-14-7-4-5-10-17(14)20-18(15)16/h3-12,19H,1-2H3/b12-11-,13-3-. The SMILES string of the molecule is C/C=C(C)\C=C/Nc1cccc2c1oc1ccccc12. The summed E-state index contributed by atoms with van der Waals surface area (Å²) in [7, 11) is 0. The second-order valence-corrected chi connectivity index (χ2v) is 4.79. The van der Waals surface area contributed by atoms with Crippen molar-refractivity contribution >= 4 is 27.6 Å². The number of rotatable bonds is 3. The van der Waals surface area contributed by atoms with Crippen LogP contribution in [-0.2, 0) is 0 Å². The van der Waals surface area contributed by atoms with Gasteiger partial charge >= 0.3 is 0 Å². The average Bonchev–Trinajstić information content (AvgIpc) is 2.86. The first-order valence-electron chi connectivity index (χ1n) is 6.76. The van der Waals surface area contributed by atoms with Crippen molar-refractivity contribution in [3.05, 3.63) is 66.4 Å². The summed E-state index contributed by atoms with van der Waals surface area (Å²) in [6, 6.07) is 14.3. The highest BCUT2D eigenvalue weighted by atomic mass is 16.3. The lowest BCUT2D eigenvalue weighted by Crippen LogP contribution is -1.87. The lowest BCUT2D eigenvalue weighted by Gasteiger charge is -2.01. The van der Waals surface area contributed by atoms with Gasteiger partial charge in [0.05, 0.1) is 5.69 Å². The summed E-state index contributed by atoms with van der Waals surface area (Å²) in [5.41, 5.74) is 4.02. The van der Waals surface area contributed by atoms with Crippen LogP contribution in [0, 0.1) is 0 Å². The molecule has 0 unspecified atom stereocenters. The van der Waals surface area contributed by atoms with Gasteiger partial charge in [-0.2, -0.15) is 0 Å².